The summed E-state index contributed by atoms with van der Waals surface area (Å²) in [4.78, 5) is 2.22. The highest BCUT2D eigenvalue weighted by atomic mass is 19.1. The lowest BCUT2D eigenvalue weighted by atomic mass is 9.73. The quantitative estimate of drug-likeness (QED) is 0.721. The van der Waals surface area contributed by atoms with Gasteiger partial charge in [0.1, 0.15) is 11.6 Å². The Morgan fingerprint density at radius 3 is 2.70 bits per heavy atom. The number of nitrogens with zero attached hydrogens (tertiary/aromatic N) is 1. The van der Waals surface area contributed by atoms with Crippen LogP contribution >= 0.6 is 0 Å². The van der Waals surface area contributed by atoms with Crippen LogP contribution in [0.3, 0.4) is 0 Å². The number of β-amino-alcohol motifs (C(OH)–C–C–N with tert-alkyl or cyclic N) is 1. The molecule has 1 aliphatic heterocycles. The van der Waals surface area contributed by atoms with E-state index >= 15 is 0 Å². The highest BCUT2D eigenvalue weighted by Crippen LogP contribution is 2.35. The van der Waals surface area contributed by atoms with E-state index in [2.05, 4.69) is 11.8 Å². The Bertz CT molecular complexity index is 468. The van der Waals surface area contributed by atoms with Gasteiger partial charge in [0, 0.05) is 18.5 Å². The maximum Gasteiger partial charge on any atom is 0.123 e. The summed E-state index contributed by atoms with van der Waals surface area (Å²) in [5.74, 6) is 0.409. The van der Waals surface area contributed by atoms with Gasteiger partial charge >= 0.3 is 0 Å². The Balaban J connectivity index is 1.70. The second kappa shape index (κ2) is 8.62. The molecule has 0 amide bonds. The maximum absolute atomic E-state index is 12.8. The molecule has 1 aromatic carbocycles. The first-order valence-corrected chi connectivity index (χ1v) is 8.49. The molecule has 0 aliphatic carbocycles. The van der Waals surface area contributed by atoms with Gasteiger partial charge in [-0.3, -0.25) is 0 Å². The van der Waals surface area contributed by atoms with E-state index in [0.29, 0.717) is 18.9 Å². The number of benzene rings is 1. The first-order valence-electron chi connectivity index (χ1n) is 8.49. The van der Waals surface area contributed by atoms with Gasteiger partial charge in [-0.25, -0.2) is 4.39 Å². The molecule has 1 aromatic rings. The molecule has 2 N–H and O–H groups in total. The molecule has 2 atom stereocenters. The lowest BCUT2D eigenvalue weighted by molar-refractivity contribution is -0.0788. The molecule has 0 saturated carbocycles. The van der Waals surface area contributed by atoms with Crippen LogP contribution in [-0.2, 0) is 0 Å². The number of rotatable bonds is 8. The molecule has 1 saturated heterocycles. The fourth-order valence-electron chi connectivity index (χ4n) is 3.34. The van der Waals surface area contributed by atoms with Crippen molar-refractivity contribution < 1.29 is 19.3 Å². The van der Waals surface area contributed by atoms with E-state index in [4.69, 9.17) is 4.74 Å². The zero-order valence-electron chi connectivity index (χ0n) is 13.9. The third-order valence-electron chi connectivity index (χ3n) is 4.83. The predicted molar refractivity (Wildman–Crippen MR) is 88.0 cm³/mol. The third kappa shape index (κ3) is 4.90. The number of halogens is 1. The van der Waals surface area contributed by atoms with Crippen LogP contribution in [0.25, 0.3) is 0 Å². The van der Waals surface area contributed by atoms with Crippen molar-refractivity contribution in [2.45, 2.75) is 38.7 Å². The molecular formula is C18H28FNO3. The summed E-state index contributed by atoms with van der Waals surface area (Å²) in [6, 6.07) is 6.03. The number of piperidine rings is 1. The lowest BCUT2D eigenvalue weighted by Crippen LogP contribution is -2.52. The molecule has 0 aromatic heterocycles. The molecule has 1 heterocycles. The molecule has 0 radical (unpaired) electrons. The summed E-state index contributed by atoms with van der Waals surface area (Å²) >= 11 is 0. The van der Waals surface area contributed by atoms with Crippen molar-refractivity contribution in [2.24, 2.45) is 5.41 Å². The lowest BCUT2D eigenvalue weighted by Gasteiger charge is -2.44. The van der Waals surface area contributed by atoms with Crippen molar-refractivity contribution in [2.75, 3.05) is 32.8 Å². The van der Waals surface area contributed by atoms with Crippen LogP contribution in [0.5, 0.6) is 5.75 Å². The van der Waals surface area contributed by atoms with Crippen molar-refractivity contribution in [3.63, 3.8) is 0 Å². The van der Waals surface area contributed by atoms with Gasteiger partial charge in [-0.1, -0.05) is 13.3 Å². The van der Waals surface area contributed by atoms with Crippen molar-refractivity contribution in [1.29, 1.82) is 0 Å². The minimum absolute atomic E-state index is 0.0591. The van der Waals surface area contributed by atoms with E-state index in [9.17, 15) is 14.6 Å². The minimum Gasteiger partial charge on any atom is -0.494 e. The standard InChI is InChI=1S/C18H28FNO3/c1-2-8-18(14-21)9-11-20(13-17(18)22)10-3-12-23-16-6-4-15(19)5-7-16/h4-7,17,21-22H,2-3,8-14H2,1H3/t17-,18+/m0/s1. The van der Waals surface area contributed by atoms with Crippen molar-refractivity contribution in [3.05, 3.63) is 30.1 Å². The van der Waals surface area contributed by atoms with Crippen LogP contribution in [0.15, 0.2) is 24.3 Å². The molecule has 1 fully saturated rings. The molecule has 4 nitrogen and oxygen atoms in total. The first kappa shape index (κ1) is 18.2. The van der Waals surface area contributed by atoms with Gasteiger partial charge in [0.05, 0.1) is 19.3 Å². The summed E-state index contributed by atoms with van der Waals surface area (Å²) < 4.78 is 18.4. The number of hydrogen-bond acceptors (Lipinski definition) is 4. The molecule has 0 bridgehead atoms. The van der Waals surface area contributed by atoms with E-state index in [1.807, 2.05) is 0 Å². The summed E-state index contributed by atoms with van der Waals surface area (Å²) in [6.07, 6.45) is 3.05. The van der Waals surface area contributed by atoms with Crippen LogP contribution in [0.2, 0.25) is 0 Å². The van der Waals surface area contributed by atoms with Gasteiger partial charge in [0.15, 0.2) is 0 Å². The molecular weight excluding hydrogens is 297 g/mol. The number of aliphatic hydroxyl groups is 2. The van der Waals surface area contributed by atoms with Crippen molar-refractivity contribution in [1.82, 2.24) is 4.90 Å². The maximum atomic E-state index is 12.8. The van der Waals surface area contributed by atoms with Gasteiger partial charge in [-0.2, -0.15) is 0 Å². The highest BCUT2D eigenvalue weighted by molar-refractivity contribution is 5.21. The monoisotopic (exact) mass is 325 g/mol. The number of hydrogen-bond donors (Lipinski definition) is 2. The van der Waals surface area contributed by atoms with E-state index in [0.717, 1.165) is 38.8 Å². The molecule has 2 rings (SSSR count). The summed E-state index contributed by atoms with van der Waals surface area (Å²) in [6.45, 7) is 5.07. The van der Waals surface area contributed by atoms with Gasteiger partial charge < -0.3 is 19.8 Å². The molecule has 0 unspecified atom stereocenters. The van der Waals surface area contributed by atoms with Crippen molar-refractivity contribution in [3.8, 4) is 5.75 Å². The topological polar surface area (TPSA) is 52.9 Å². The molecule has 23 heavy (non-hydrogen) atoms. The van der Waals surface area contributed by atoms with E-state index in [1.54, 1.807) is 12.1 Å². The second-order valence-corrected chi connectivity index (χ2v) is 6.49. The van der Waals surface area contributed by atoms with Crippen molar-refractivity contribution >= 4 is 0 Å². The first-order chi connectivity index (χ1) is 11.1. The molecule has 1 aliphatic rings. The summed E-state index contributed by atoms with van der Waals surface area (Å²) in [7, 11) is 0. The zero-order chi connectivity index (χ0) is 16.7. The average molecular weight is 325 g/mol. The Morgan fingerprint density at radius 2 is 2.09 bits per heavy atom. The SMILES string of the molecule is CCC[C@]1(CO)CCN(CCCOc2ccc(F)cc2)C[C@@H]1O. The Kier molecular flexibility index (Phi) is 6.81. The second-order valence-electron chi connectivity index (χ2n) is 6.49. The van der Waals surface area contributed by atoms with E-state index < -0.39 is 6.10 Å². The van der Waals surface area contributed by atoms with Gasteiger partial charge in [-0.15, -0.1) is 0 Å². The van der Waals surface area contributed by atoms with Gasteiger partial charge in [0.25, 0.3) is 0 Å². The third-order valence-corrected chi connectivity index (χ3v) is 4.83. The van der Waals surface area contributed by atoms with Gasteiger partial charge in [-0.05, 0) is 50.1 Å². The van der Waals surface area contributed by atoms with E-state index in [1.165, 1.54) is 12.1 Å². The molecule has 5 heteroatoms. The zero-order valence-corrected chi connectivity index (χ0v) is 13.9. The number of ether oxygens (including phenoxy) is 1. The normalized spacial score (nSPS) is 25.5. The van der Waals surface area contributed by atoms with E-state index in [-0.39, 0.29) is 17.8 Å². The smallest absolute Gasteiger partial charge is 0.123 e. The van der Waals surface area contributed by atoms with Crippen LogP contribution in [0.4, 0.5) is 4.39 Å². The van der Waals surface area contributed by atoms with Crippen LogP contribution in [0.1, 0.15) is 32.6 Å². The van der Waals surface area contributed by atoms with Crippen LogP contribution < -0.4 is 4.74 Å². The number of likely N-dealkylation sites (tertiary alicyclic amines) is 1. The average Bonchev–Trinajstić information content (AvgIpc) is 2.56. The Morgan fingerprint density at radius 1 is 1.35 bits per heavy atom. The van der Waals surface area contributed by atoms with Crippen LogP contribution in [0, 0.1) is 11.2 Å². The minimum atomic E-state index is -0.473. The largest absolute Gasteiger partial charge is 0.494 e. The Labute approximate surface area is 137 Å². The predicted octanol–water partition coefficient (Wildman–Crippen LogP) is 2.44. The Hall–Kier alpha value is -1.17. The molecule has 0 spiro atoms. The fraction of sp³-hybridized carbons (Fsp3) is 0.667. The summed E-state index contributed by atoms with van der Waals surface area (Å²) in [5, 5.41) is 20.1. The summed E-state index contributed by atoms with van der Waals surface area (Å²) in [5.41, 5.74) is -0.324. The van der Waals surface area contributed by atoms with Crippen LogP contribution in [-0.4, -0.2) is 54.1 Å². The highest BCUT2D eigenvalue weighted by Gasteiger charge is 2.40. The fourth-order valence-corrected chi connectivity index (χ4v) is 3.34. The number of aliphatic hydroxyl groups excluding tert-OH is 2. The van der Waals surface area contributed by atoms with Gasteiger partial charge in [0.2, 0.25) is 0 Å². The molecule has 130 valence electrons.